The van der Waals surface area contributed by atoms with Crippen molar-refractivity contribution in [2.45, 2.75) is 76.0 Å². The Kier molecular flexibility index (Phi) is 6.18. The van der Waals surface area contributed by atoms with Crippen LogP contribution in [0.15, 0.2) is 42.5 Å². The molecule has 170 valence electrons. The lowest BCUT2D eigenvalue weighted by Crippen LogP contribution is -2.50. The highest BCUT2D eigenvalue weighted by Crippen LogP contribution is 2.40. The van der Waals surface area contributed by atoms with Gasteiger partial charge in [-0.25, -0.2) is 0 Å². The van der Waals surface area contributed by atoms with Crippen molar-refractivity contribution in [3.8, 4) is 0 Å². The molecule has 0 aromatic heterocycles. The van der Waals surface area contributed by atoms with Crippen LogP contribution in [0.5, 0.6) is 0 Å². The molecule has 0 radical (unpaired) electrons. The third-order valence-corrected chi connectivity index (χ3v) is 7.94. The molecule has 0 bridgehead atoms. The number of benzene rings is 2. The SMILES string of the molecule is O=C(NCC1CCCC(O)C1)[C@@H]1C[C@@H]2CCCC[C@@H]2N1C(=O)c1ccc2ccccc2c1. The van der Waals surface area contributed by atoms with Crippen LogP contribution in [-0.4, -0.2) is 46.6 Å². The molecule has 32 heavy (non-hydrogen) atoms. The first-order chi connectivity index (χ1) is 15.6. The van der Waals surface area contributed by atoms with Crippen LogP contribution in [0.4, 0.5) is 0 Å². The number of likely N-dealkylation sites (tertiary alicyclic amines) is 1. The van der Waals surface area contributed by atoms with Crippen LogP contribution in [0.3, 0.4) is 0 Å². The minimum absolute atomic E-state index is 0.0154. The number of fused-ring (bicyclic) bond motifs is 2. The van der Waals surface area contributed by atoms with E-state index in [1.54, 1.807) is 0 Å². The van der Waals surface area contributed by atoms with E-state index in [1.807, 2.05) is 41.3 Å². The normalized spacial score (nSPS) is 30.2. The zero-order valence-electron chi connectivity index (χ0n) is 18.7. The average Bonchev–Trinajstić information content (AvgIpc) is 3.21. The Morgan fingerprint density at radius 1 is 0.938 bits per heavy atom. The summed E-state index contributed by atoms with van der Waals surface area (Å²) in [6, 6.07) is 13.7. The molecule has 5 heteroatoms. The Labute approximate surface area is 190 Å². The largest absolute Gasteiger partial charge is 0.393 e. The quantitative estimate of drug-likeness (QED) is 0.755. The van der Waals surface area contributed by atoms with Crippen LogP contribution in [0.2, 0.25) is 0 Å². The third-order valence-electron chi connectivity index (χ3n) is 7.94. The average molecular weight is 435 g/mol. The summed E-state index contributed by atoms with van der Waals surface area (Å²) < 4.78 is 0. The summed E-state index contributed by atoms with van der Waals surface area (Å²) in [5.74, 6) is 0.712. The van der Waals surface area contributed by atoms with E-state index < -0.39 is 6.04 Å². The van der Waals surface area contributed by atoms with E-state index >= 15 is 0 Å². The van der Waals surface area contributed by atoms with Crippen molar-refractivity contribution < 1.29 is 14.7 Å². The molecule has 1 saturated heterocycles. The molecule has 3 fully saturated rings. The fourth-order valence-corrected chi connectivity index (χ4v) is 6.27. The van der Waals surface area contributed by atoms with Crippen LogP contribution < -0.4 is 5.32 Å². The minimum atomic E-state index is -0.393. The van der Waals surface area contributed by atoms with Gasteiger partial charge >= 0.3 is 0 Å². The minimum Gasteiger partial charge on any atom is -0.393 e. The Balaban J connectivity index is 1.35. The van der Waals surface area contributed by atoms with Crippen molar-refractivity contribution in [1.29, 1.82) is 0 Å². The summed E-state index contributed by atoms with van der Waals surface area (Å²) in [6.45, 7) is 0.597. The van der Waals surface area contributed by atoms with E-state index in [0.29, 0.717) is 23.9 Å². The zero-order chi connectivity index (χ0) is 22.1. The van der Waals surface area contributed by atoms with Gasteiger partial charge in [0.15, 0.2) is 0 Å². The lowest BCUT2D eigenvalue weighted by atomic mass is 9.84. The van der Waals surface area contributed by atoms with E-state index in [4.69, 9.17) is 0 Å². The molecular formula is C27H34N2O3. The smallest absolute Gasteiger partial charge is 0.254 e. The van der Waals surface area contributed by atoms with Gasteiger partial charge in [0.1, 0.15) is 6.04 Å². The Morgan fingerprint density at radius 3 is 2.59 bits per heavy atom. The predicted octanol–water partition coefficient (Wildman–Crippen LogP) is 4.28. The van der Waals surface area contributed by atoms with E-state index in [0.717, 1.165) is 62.1 Å². The van der Waals surface area contributed by atoms with E-state index in [9.17, 15) is 14.7 Å². The number of rotatable bonds is 4. The van der Waals surface area contributed by atoms with Crippen LogP contribution >= 0.6 is 0 Å². The molecule has 5 atom stereocenters. The highest BCUT2D eigenvalue weighted by atomic mass is 16.3. The van der Waals surface area contributed by atoms with Gasteiger partial charge in [0.2, 0.25) is 5.91 Å². The van der Waals surface area contributed by atoms with Crippen LogP contribution in [0.25, 0.3) is 10.8 Å². The molecular weight excluding hydrogens is 400 g/mol. The summed E-state index contributed by atoms with van der Waals surface area (Å²) in [5.41, 5.74) is 0.670. The van der Waals surface area contributed by atoms with Crippen molar-refractivity contribution >= 4 is 22.6 Å². The highest BCUT2D eigenvalue weighted by molar-refractivity contribution is 6.01. The number of aliphatic hydroxyl groups excluding tert-OH is 1. The van der Waals surface area contributed by atoms with Crippen molar-refractivity contribution in [1.82, 2.24) is 10.2 Å². The molecule has 0 spiro atoms. The number of nitrogens with one attached hydrogen (secondary N) is 1. The Morgan fingerprint density at radius 2 is 1.75 bits per heavy atom. The standard InChI is InChI=1S/C27H34N2O3/c30-23-10-5-6-18(14-23)17-28-26(31)25-16-21-9-3-4-11-24(21)29(25)27(32)22-13-12-19-7-1-2-8-20(19)15-22/h1-2,7-8,12-13,15,18,21,23-25,30H,3-6,9-11,14,16-17H2,(H,28,31)/t18?,21-,23?,24-,25-/m0/s1. The molecule has 2 aromatic carbocycles. The molecule has 2 unspecified atom stereocenters. The molecule has 1 heterocycles. The van der Waals surface area contributed by atoms with Gasteiger partial charge in [-0.3, -0.25) is 9.59 Å². The molecule has 2 aromatic rings. The first-order valence-electron chi connectivity index (χ1n) is 12.4. The van der Waals surface area contributed by atoms with Crippen LogP contribution in [0.1, 0.15) is 68.1 Å². The topological polar surface area (TPSA) is 69.6 Å². The number of carbonyl (C=O) groups is 2. The van der Waals surface area contributed by atoms with Crippen LogP contribution in [0, 0.1) is 11.8 Å². The molecule has 2 aliphatic carbocycles. The second-order valence-corrected chi connectivity index (χ2v) is 10.1. The van der Waals surface area contributed by atoms with Crippen molar-refractivity contribution in [2.75, 3.05) is 6.54 Å². The number of amides is 2. The molecule has 1 aliphatic heterocycles. The van der Waals surface area contributed by atoms with Gasteiger partial charge in [-0.2, -0.15) is 0 Å². The van der Waals surface area contributed by atoms with E-state index in [1.165, 1.54) is 6.42 Å². The summed E-state index contributed by atoms with van der Waals surface area (Å²) in [7, 11) is 0. The van der Waals surface area contributed by atoms with Gasteiger partial charge in [0.05, 0.1) is 6.10 Å². The lowest BCUT2D eigenvalue weighted by molar-refractivity contribution is -0.125. The molecule has 2 saturated carbocycles. The van der Waals surface area contributed by atoms with Gasteiger partial charge in [-0.1, -0.05) is 49.6 Å². The molecule has 5 nitrogen and oxygen atoms in total. The molecule has 2 amide bonds. The summed E-state index contributed by atoms with van der Waals surface area (Å²) in [4.78, 5) is 28.9. The fraction of sp³-hybridized carbons (Fsp3) is 0.556. The fourth-order valence-electron chi connectivity index (χ4n) is 6.27. The van der Waals surface area contributed by atoms with E-state index in [-0.39, 0.29) is 24.0 Å². The third kappa shape index (κ3) is 4.27. The van der Waals surface area contributed by atoms with Crippen molar-refractivity contribution in [2.24, 2.45) is 11.8 Å². The number of carbonyl (C=O) groups excluding carboxylic acids is 2. The zero-order valence-corrected chi connectivity index (χ0v) is 18.7. The second-order valence-electron chi connectivity index (χ2n) is 10.1. The highest BCUT2D eigenvalue weighted by Gasteiger charge is 2.47. The number of aliphatic hydroxyl groups is 1. The van der Waals surface area contributed by atoms with Gasteiger partial charge in [0.25, 0.3) is 5.91 Å². The monoisotopic (exact) mass is 434 g/mol. The molecule has 5 rings (SSSR count). The predicted molar refractivity (Wildman–Crippen MR) is 125 cm³/mol. The number of hydrogen-bond acceptors (Lipinski definition) is 3. The summed E-state index contributed by atoms with van der Waals surface area (Å²) in [6.07, 6.45) is 8.61. The first-order valence-corrected chi connectivity index (χ1v) is 12.4. The maximum absolute atomic E-state index is 13.7. The van der Waals surface area contributed by atoms with E-state index in [2.05, 4.69) is 11.4 Å². The van der Waals surface area contributed by atoms with Gasteiger partial charge in [0, 0.05) is 18.2 Å². The summed E-state index contributed by atoms with van der Waals surface area (Å²) in [5, 5.41) is 15.3. The molecule has 2 N–H and O–H groups in total. The van der Waals surface area contributed by atoms with Crippen molar-refractivity contribution in [3.63, 3.8) is 0 Å². The Hall–Kier alpha value is -2.40. The van der Waals surface area contributed by atoms with Gasteiger partial charge in [-0.15, -0.1) is 0 Å². The van der Waals surface area contributed by atoms with Crippen LogP contribution in [-0.2, 0) is 4.79 Å². The first kappa shape index (κ1) is 21.4. The maximum Gasteiger partial charge on any atom is 0.254 e. The molecule has 3 aliphatic rings. The Bertz CT molecular complexity index is 990. The van der Waals surface area contributed by atoms with Gasteiger partial charge in [-0.05, 0) is 73.3 Å². The maximum atomic E-state index is 13.7. The second kappa shape index (κ2) is 9.22. The number of nitrogens with zero attached hydrogens (tertiary/aromatic N) is 1. The lowest BCUT2D eigenvalue weighted by Gasteiger charge is -2.34. The van der Waals surface area contributed by atoms with Crippen molar-refractivity contribution in [3.05, 3.63) is 48.0 Å². The summed E-state index contributed by atoms with van der Waals surface area (Å²) >= 11 is 0. The van der Waals surface area contributed by atoms with Gasteiger partial charge < -0.3 is 15.3 Å². The number of hydrogen-bond donors (Lipinski definition) is 2.